The van der Waals surface area contributed by atoms with E-state index in [1.165, 1.54) is 0 Å². The number of pyridine rings is 1. The first kappa shape index (κ1) is 21.1. The number of aromatic nitrogens is 4. The molecule has 8 nitrogen and oxygen atoms in total. The summed E-state index contributed by atoms with van der Waals surface area (Å²) in [7, 11) is 0. The molecule has 2 aromatic carbocycles. The van der Waals surface area contributed by atoms with Crippen LogP contribution in [0.3, 0.4) is 0 Å². The van der Waals surface area contributed by atoms with E-state index < -0.39 is 0 Å². The van der Waals surface area contributed by atoms with Gasteiger partial charge in [0, 0.05) is 54.4 Å². The predicted octanol–water partition coefficient (Wildman–Crippen LogP) is 4.01. The van der Waals surface area contributed by atoms with Gasteiger partial charge < -0.3 is 14.5 Å². The highest BCUT2D eigenvalue weighted by Gasteiger charge is 2.20. The van der Waals surface area contributed by atoms with Gasteiger partial charge in [0.2, 0.25) is 5.95 Å². The number of carbonyl (C=O) groups is 2. The lowest BCUT2D eigenvalue weighted by atomic mass is 10.1. The summed E-state index contributed by atoms with van der Waals surface area (Å²) < 4.78 is 4.02. The number of benzene rings is 2. The molecule has 5 aromatic rings. The van der Waals surface area contributed by atoms with Crippen molar-refractivity contribution in [2.45, 2.75) is 25.9 Å². The topological polar surface area (TPSA) is 93.8 Å². The zero-order valence-electron chi connectivity index (χ0n) is 19.1. The Bertz CT molecular complexity index is 1570. The molecule has 0 fully saturated rings. The Hall–Kier alpha value is -4.46. The quantitative estimate of drug-likeness (QED) is 0.411. The van der Waals surface area contributed by atoms with Crippen molar-refractivity contribution in [2.24, 2.45) is 0 Å². The van der Waals surface area contributed by atoms with Crippen LogP contribution in [-0.4, -0.2) is 37.5 Å². The largest absolute Gasteiger partial charge is 0.351 e. The highest BCUT2D eigenvalue weighted by atomic mass is 16.2. The Morgan fingerprint density at radius 3 is 2.80 bits per heavy atom. The van der Waals surface area contributed by atoms with Gasteiger partial charge in [-0.15, -0.1) is 0 Å². The van der Waals surface area contributed by atoms with Crippen LogP contribution in [0.2, 0.25) is 0 Å². The van der Waals surface area contributed by atoms with E-state index in [4.69, 9.17) is 0 Å². The van der Waals surface area contributed by atoms with Crippen LogP contribution in [0.4, 0.5) is 5.95 Å². The van der Waals surface area contributed by atoms with E-state index in [0.717, 1.165) is 40.6 Å². The number of amides is 2. The van der Waals surface area contributed by atoms with Gasteiger partial charge in [0.1, 0.15) is 5.69 Å². The first-order valence-electron chi connectivity index (χ1n) is 11.8. The minimum absolute atomic E-state index is 0.0775. The average Bonchev–Trinajstić information content (AvgIpc) is 3.36. The molecule has 3 aromatic heterocycles. The molecule has 6 rings (SSSR count). The summed E-state index contributed by atoms with van der Waals surface area (Å²) in [6, 6.07) is 21.1. The lowest BCUT2D eigenvalue weighted by molar-refractivity contribution is 0.0950. The molecule has 0 spiro atoms. The lowest BCUT2D eigenvalue weighted by Gasteiger charge is -2.11. The Labute approximate surface area is 201 Å². The van der Waals surface area contributed by atoms with Crippen LogP contribution in [0.5, 0.6) is 0 Å². The van der Waals surface area contributed by atoms with E-state index >= 15 is 0 Å². The van der Waals surface area contributed by atoms with E-state index in [9.17, 15) is 9.59 Å². The molecular formula is C27H24N6O2. The Balaban J connectivity index is 1.32. The molecule has 35 heavy (non-hydrogen) atoms. The number of carbonyl (C=O) groups excluding carboxylic acids is 2. The molecule has 1 aliphatic rings. The molecule has 0 radical (unpaired) electrons. The number of fused-ring (bicyclic) bond motifs is 4. The van der Waals surface area contributed by atoms with Gasteiger partial charge in [0.15, 0.2) is 0 Å². The fraction of sp³-hybridized carbons (Fsp3) is 0.185. The van der Waals surface area contributed by atoms with Crippen molar-refractivity contribution in [2.75, 3.05) is 11.9 Å². The maximum absolute atomic E-state index is 13.3. The molecule has 0 saturated heterocycles. The second-order valence-electron chi connectivity index (χ2n) is 8.67. The first-order chi connectivity index (χ1) is 17.2. The smallest absolute Gasteiger partial charge is 0.267 e. The molecule has 0 bridgehead atoms. The van der Waals surface area contributed by atoms with Gasteiger partial charge >= 0.3 is 0 Å². The van der Waals surface area contributed by atoms with Gasteiger partial charge in [-0.3, -0.25) is 19.9 Å². The monoisotopic (exact) mass is 464 g/mol. The third-order valence-electron chi connectivity index (χ3n) is 6.44. The number of para-hydroxylation sites is 2. The number of nitrogens with one attached hydrogen (secondary N) is 2. The standard InChI is InChI=1S/C27H24N6O2/c34-25(19-10-9-18-16-24-26(35)29-13-5-14-32(24)23(18)17-19)31-27-30-21-7-1-2-8-22(21)33(27)15-11-20-6-3-4-12-28-20/h1-4,6-10,12,16-17H,5,11,13-15H2,(H,29,35)(H,30,31,34). The molecule has 4 heterocycles. The molecule has 0 unspecified atom stereocenters. The normalized spacial score (nSPS) is 13.4. The van der Waals surface area contributed by atoms with Crippen LogP contribution >= 0.6 is 0 Å². The number of hydrogen-bond donors (Lipinski definition) is 2. The van der Waals surface area contributed by atoms with Crippen molar-refractivity contribution >= 4 is 39.7 Å². The molecule has 2 N–H and O–H groups in total. The number of anilines is 1. The van der Waals surface area contributed by atoms with Crippen LogP contribution in [0.25, 0.3) is 21.9 Å². The Morgan fingerprint density at radius 1 is 1.03 bits per heavy atom. The zero-order valence-corrected chi connectivity index (χ0v) is 19.1. The molecule has 8 heteroatoms. The van der Waals surface area contributed by atoms with Gasteiger partial charge in [-0.1, -0.05) is 24.3 Å². The third kappa shape index (κ3) is 3.93. The summed E-state index contributed by atoms with van der Waals surface area (Å²) in [4.78, 5) is 34.8. The van der Waals surface area contributed by atoms with Crippen LogP contribution in [0, 0.1) is 0 Å². The maximum Gasteiger partial charge on any atom is 0.267 e. The molecule has 2 amide bonds. The van der Waals surface area contributed by atoms with E-state index in [-0.39, 0.29) is 11.8 Å². The van der Waals surface area contributed by atoms with Gasteiger partial charge in [-0.2, -0.15) is 0 Å². The summed E-state index contributed by atoms with van der Waals surface area (Å²) in [5, 5.41) is 6.88. The van der Waals surface area contributed by atoms with Crippen molar-refractivity contribution in [1.82, 2.24) is 24.4 Å². The fourth-order valence-electron chi connectivity index (χ4n) is 4.70. The summed E-state index contributed by atoms with van der Waals surface area (Å²) >= 11 is 0. The second kappa shape index (κ2) is 8.72. The summed E-state index contributed by atoms with van der Waals surface area (Å²) in [5.41, 5.74) is 4.79. The number of nitrogens with zero attached hydrogens (tertiary/aromatic N) is 4. The molecule has 0 aliphatic carbocycles. The number of rotatable bonds is 5. The second-order valence-corrected chi connectivity index (χ2v) is 8.67. The SMILES string of the molecule is O=C(Nc1nc2ccccc2n1CCc1ccccn1)c1ccc2cc3n(c2c1)CCCNC3=O. The molecule has 1 aliphatic heterocycles. The lowest BCUT2D eigenvalue weighted by Crippen LogP contribution is -2.22. The third-order valence-corrected chi connectivity index (χ3v) is 6.44. The van der Waals surface area contributed by atoms with Crippen molar-refractivity contribution in [3.8, 4) is 0 Å². The zero-order chi connectivity index (χ0) is 23.8. The summed E-state index contributed by atoms with van der Waals surface area (Å²) in [6.07, 6.45) is 3.35. The van der Waals surface area contributed by atoms with Crippen molar-refractivity contribution in [3.05, 3.63) is 89.9 Å². The first-order valence-corrected chi connectivity index (χ1v) is 11.8. The van der Waals surface area contributed by atoms with Crippen molar-refractivity contribution in [1.29, 1.82) is 0 Å². The Morgan fingerprint density at radius 2 is 1.91 bits per heavy atom. The van der Waals surface area contributed by atoms with Gasteiger partial charge in [-0.05, 0) is 48.9 Å². The Kier molecular flexibility index (Phi) is 5.25. The van der Waals surface area contributed by atoms with E-state index in [2.05, 4.69) is 20.6 Å². The van der Waals surface area contributed by atoms with E-state index in [0.29, 0.717) is 36.7 Å². The van der Waals surface area contributed by atoms with E-state index in [1.54, 1.807) is 12.3 Å². The fourth-order valence-corrected chi connectivity index (χ4v) is 4.70. The highest BCUT2D eigenvalue weighted by Crippen LogP contribution is 2.25. The van der Waals surface area contributed by atoms with Gasteiger partial charge in [-0.25, -0.2) is 4.98 Å². The average molecular weight is 465 g/mol. The van der Waals surface area contributed by atoms with Crippen LogP contribution in [0.15, 0.2) is 72.9 Å². The minimum atomic E-state index is -0.241. The molecule has 0 saturated carbocycles. The molecule has 0 atom stereocenters. The summed E-state index contributed by atoms with van der Waals surface area (Å²) in [6.45, 7) is 2.01. The van der Waals surface area contributed by atoms with Gasteiger partial charge in [0.25, 0.3) is 11.8 Å². The van der Waals surface area contributed by atoms with Crippen molar-refractivity contribution in [3.63, 3.8) is 0 Å². The molecular weight excluding hydrogens is 440 g/mol. The maximum atomic E-state index is 13.3. The van der Waals surface area contributed by atoms with Crippen LogP contribution in [0.1, 0.15) is 33.0 Å². The predicted molar refractivity (Wildman–Crippen MR) is 135 cm³/mol. The number of imidazole rings is 1. The minimum Gasteiger partial charge on any atom is -0.351 e. The highest BCUT2D eigenvalue weighted by molar-refractivity contribution is 6.07. The van der Waals surface area contributed by atoms with E-state index in [1.807, 2.05) is 69.8 Å². The van der Waals surface area contributed by atoms with Gasteiger partial charge in [0.05, 0.1) is 11.0 Å². The number of aryl methyl sites for hydroxylation is 3. The van der Waals surface area contributed by atoms with Crippen LogP contribution < -0.4 is 10.6 Å². The van der Waals surface area contributed by atoms with Crippen molar-refractivity contribution < 1.29 is 9.59 Å². The number of hydrogen-bond acceptors (Lipinski definition) is 4. The summed E-state index contributed by atoms with van der Waals surface area (Å²) in [5.74, 6) is 0.182. The molecule has 174 valence electrons. The van der Waals surface area contributed by atoms with Crippen LogP contribution in [-0.2, 0) is 19.5 Å².